The fraction of sp³-hybridized carbons (Fsp3) is 0.455. The average molecular weight is 381 g/mol. The molecule has 1 amide bonds. The molecule has 0 aliphatic carbocycles. The van der Waals surface area contributed by atoms with Crippen LogP contribution < -0.4 is 19.7 Å². The van der Waals surface area contributed by atoms with Crippen LogP contribution in [-0.2, 0) is 11.2 Å². The van der Waals surface area contributed by atoms with Crippen molar-refractivity contribution in [3.05, 3.63) is 47.7 Å². The minimum Gasteiger partial charge on any atom is -0.497 e. The van der Waals surface area contributed by atoms with Crippen molar-refractivity contribution in [2.75, 3.05) is 31.7 Å². The van der Waals surface area contributed by atoms with Gasteiger partial charge in [0, 0.05) is 30.9 Å². The van der Waals surface area contributed by atoms with Gasteiger partial charge in [-0.05, 0) is 49.9 Å². The highest BCUT2D eigenvalue weighted by molar-refractivity contribution is 5.80. The summed E-state index contributed by atoms with van der Waals surface area (Å²) in [7, 11) is 1.64. The smallest absolute Gasteiger partial charge is 0.227 e. The first-order chi connectivity index (χ1) is 13.6. The van der Waals surface area contributed by atoms with E-state index in [0.29, 0.717) is 13.0 Å². The van der Waals surface area contributed by atoms with Gasteiger partial charge in [-0.2, -0.15) is 0 Å². The highest BCUT2D eigenvalue weighted by Gasteiger charge is 2.29. The number of rotatable bonds is 4. The first-order valence-electron chi connectivity index (χ1n) is 9.91. The molecule has 0 spiro atoms. The molecule has 2 aliphatic heterocycles. The van der Waals surface area contributed by atoms with Gasteiger partial charge in [-0.3, -0.25) is 4.79 Å². The fourth-order valence-electron chi connectivity index (χ4n) is 3.92. The number of methoxy groups -OCH3 is 1. The molecule has 1 aromatic heterocycles. The largest absolute Gasteiger partial charge is 0.497 e. The quantitative estimate of drug-likeness (QED) is 0.882. The summed E-state index contributed by atoms with van der Waals surface area (Å²) in [6.07, 6.45) is 2.57. The number of anilines is 1. The van der Waals surface area contributed by atoms with E-state index in [-0.39, 0.29) is 17.9 Å². The van der Waals surface area contributed by atoms with Gasteiger partial charge in [0.05, 0.1) is 13.0 Å². The molecule has 4 rings (SSSR count). The lowest BCUT2D eigenvalue weighted by molar-refractivity contribution is -0.127. The van der Waals surface area contributed by atoms with Crippen LogP contribution in [0.25, 0.3) is 0 Å². The predicted octanol–water partition coefficient (Wildman–Crippen LogP) is 2.73. The van der Waals surface area contributed by atoms with E-state index >= 15 is 0 Å². The Hall–Kier alpha value is -2.76. The van der Waals surface area contributed by atoms with Crippen LogP contribution in [0.2, 0.25) is 0 Å². The second-order valence-corrected chi connectivity index (χ2v) is 7.59. The topological polar surface area (TPSA) is 63.7 Å². The average Bonchev–Trinajstić information content (AvgIpc) is 2.73. The lowest BCUT2D eigenvalue weighted by Crippen LogP contribution is -2.48. The van der Waals surface area contributed by atoms with E-state index in [1.807, 2.05) is 37.3 Å². The van der Waals surface area contributed by atoms with Gasteiger partial charge in [-0.15, -0.1) is 0 Å². The minimum absolute atomic E-state index is 0.0913. The number of ether oxygens (including phenoxy) is 2. The molecule has 1 N–H and O–H groups in total. The molecule has 0 bridgehead atoms. The molecule has 6 nitrogen and oxygen atoms in total. The SMILES string of the molecule is COc1ccc2c(c1)OCC(C(=O)NC1CCN(c3cccc(C)n3)CC1)C2. The van der Waals surface area contributed by atoms with Gasteiger partial charge in [-0.1, -0.05) is 12.1 Å². The first-order valence-corrected chi connectivity index (χ1v) is 9.91. The highest BCUT2D eigenvalue weighted by Crippen LogP contribution is 2.31. The predicted molar refractivity (Wildman–Crippen MR) is 108 cm³/mol. The number of amides is 1. The Balaban J connectivity index is 1.30. The normalized spacial score (nSPS) is 19.5. The summed E-state index contributed by atoms with van der Waals surface area (Å²) < 4.78 is 11.1. The number of carbonyl (C=O) groups is 1. The molecule has 1 saturated heterocycles. The number of aryl methyl sites for hydroxylation is 1. The van der Waals surface area contributed by atoms with Crippen molar-refractivity contribution in [3.63, 3.8) is 0 Å². The van der Waals surface area contributed by atoms with Crippen LogP contribution in [-0.4, -0.2) is 43.7 Å². The van der Waals surface area contributed by atoms with E-state index in [0.717, 1.165) is 54.5 Å². The molecule has 148 valence electrons. The lowest BCUT2D eigenvalue weighted by atomic mass is 9.95. The van der Waals surface area contributed by atoms with Crippen LogP contribution in [0.15, 0.2) is 36.4 Å². The maximum Gasteiger partial charge on any atom is 0.227 e. The molecular formula is C22H27N3O3. The van der Waals surface area contributed by atoms with Gasteiger partial charge in [0.2, 0.25) is 5.91 Å². The number of fused-ring (bicyclic) bond motifs is 1. The summed E-state index contributed by atoms with van der Waals surface area (Å²) in [5.74, 6) is 2.57. The van der Waals surface area contributed by atoms with Gasteiger partial charge in [-0.25, -0.2) is 4.98 Å². The summed E-state index contributed by atoms with van der Waals surface area (Å²) in [6.45, 7) is 4.24. The zero-order valence-corrected chi connectivity index (χ0v) is 16.5. The Kier molecular flexibility index (Phi) is 5.37. The standard InChI is InChI=1S/C22H27N3O3/c1-15-4-3-5-21(23-15)25-10-8-18(9-11-25)24-22(26)17-12-16-6-7-19(27-2)13-20(16)28-14-17/h3-7,13,17-18H,8-12,14H2,1-2H3,(H,24,26). The van der Waals surface area contributed by atoms with Gasteiger partial charge in [0.15, 0.2) is 0 Å². The van der Waals surface area contributed by atoms with Crippen molar-refractivity contribution < 1.29 is 14.3 Å². The van der Waals surface area contributed by atoms with Crippen molar-refractivity contribution >= 4 is 11.7 Å². The van der Waals surface area contributed by atoms with Crippen molar-refractivity contribution in [2.45, 2.75) is 32.2 Å². The van der Waals surface area contributed by atoms with Crippen molar-refractivity contribution in [1.82, 2.24) is 10.3 Å². The Morgan fingerprint density at radius 2 is 2.07 bits per heavy atom. The van der Waals surface area contributed by atoms with Crippen LogP contribution in [0.5, 0.6) is 11.5 Å². The van der Waals surface area contributed by atoms with Crippen LogP contribution in [0.1, 0.15) is 24.1 Å². The van der Waals surface area contributed by atoms with E-state index in [2.05, 4.69) is 21.3 Å². The van der Waals surface area contributed by atoms with E-state index in [1.165, 1.54) is 0 Å². The van der Waals surface area contributed by atoms with Crippen LogP contribution in [0.3, 0.4) is 0 Å². The molecule has 0 saturated carbocycles. The molecule has 2 aliphatic rings. The number of nitrogens with zero attached hydrogens (tertiary/aromatic N) is 2. The van der Waals surface area contributed by atoms with Gasteiger partial charge >= 0.3 is 0 Å². The Morgan fingerprint density at radius 3 is 2.82 bits per heavy atom. The minimum atomic E-state index is -0.141. The number of nitrogens with one attached hydrogen (secondary N) is 1. The third kappa shape index (κ3) is 4.06. The van der Waals surface area contributed by atoms with E-state index in [1.54, 1.807) is 7.11 Å². The number of benzene rings is 1. The zero-order valence-electron chi connectivity index (χ0n) is 16.5. The molecule has 3 heterocycles. The molecule has 1 aromatic carbocycles. The van der Waals surface area contributed by atoms with Crippen molar-refractivity contribution in [1.29, 1.82) is 0 Å². The highest BCUT2D eigenvalue weighted by atomic mass is 16.5. The Bertz CT molecular complexity index is 847. The maximum atomic E-state index is 12.8. The van der Waals surface area contributed by atoms with Crippen LogP contribution in [0.4, 0.5) is 5.82 Å². The molecular weight excluding hydrogens is 354 g/mol. The van der Waals surface area contributed by atoms with Crippen molar-refractivity contribution in [2.24, 2.45) is 5.92 Å². The van der Waals surface area contributed by atoms with E-state index in [4.69, 9.17) is 9.47 Å². The number of carbonyl (C=O) groups excluding carboxylic acids is 1. The molecule has 1 atom stereocenters. The van der Waals surface area contributed by atoms with Crippen LogP contribution >= 0.6 is 0 Å². The number of aromatic nitrogens is 1. The van der Waals surface area contributed by atoms with E-state index in [9.17, 15) is 4.79 Å². The molecule has 0 radical (unpaired) electrons. The summed E-state index contributed by atoms with van der Waals surface area (Å²) in [4.78, 5) is 19.7. The maximum absolute atomic E-state index is 12.8. The number of piperidine rings is 1. The Morgan fingerprint density at radius 1 is 1.25 bits per heavy atom. The molecule has 1 fully saturated rings. The third-order valence-corrected chi connectivity index (χ3v) is 5.59. The summed E-state index contributed by atoms with van der Waals surface area (Å²) in [5.41, 5.74) is 2.09. The zero-order chi connectivity index (χ0) is 19.5. The van der Waals surface area contributed by atoms with E-state index < -0.39 is 0 Å². The lowest BCUT2D eigenvalue weighted by Gasteiger charge is -2.34. The molecule has 2 aromatic rings. The molecule has 28 heavy (non-hydrogen) atoms. The summed E-state index contributed by atoms with van der Waals surface area (Å²) in [6, 6.07) is 12.1. The second-order valence-electron chi connectivity index (χ2n) is 7.59. The molecule has 6 heteroatoms. The van der Waals surface area contributed by atoms with Gasteiger partial charge in [0.1, 0.15) is 23.9 Å². The third-order valence-electron chi connectivity index (χ3n) is 5.59. The van der Waals surface area contributed by atoms with Gasteiger partial charge < -0.3 is 19.7 Å². The summed E-state index contributed by atoms with van der Waals surface area (Å²) in [5, 5.41) is 3.23. The number of hydrogen-bond acceptors (Lipinski definition) is 5. The number of pyridine rings is 1. The van der Waals surface area contributed by atoms with Gasteiger partial charge in [0.25, 0.3) is 0 Å². The monoisotopic (exact) mass is 381 g/mol. The number of hydrogen-bond donors (Lipinski definition) is 1. The first kappa shape index (κ1) is 18.6. The van der Waals surface area contributed by atoms with Crippen LogP contribution in [0, 0.1) is 12.8 Å². The second kappa shape index (κ2) is 8.09. The van der Waals surface area contributed by atoms with Crippen molar-refractivity contribution in [3.8, 4) is 11.5 Å². The summed E-state index contributed by atoms with van der Waals surface area (Å²) >= 11 is 0. The molecule has 1 unspecified atom stereocenters. The Labute approximate surface area is 165 Å². The fourth-order valence-corrected chi connectivity index (χ4v) is 3.92.